The first-order valence-electron chi connectivity index (χ1n) is 8.31. The second kappa shape index (κ2) is 8.54. The van der Waals surface area contributed by atoms with Crippen LogP contribution in [0.1, 0.15) is 5.56 Å². The fourth-order valence-electron chi connectivity index (χ4n) is 2.32. The highest BCUT2D eigenvalue weighted by Crippen LogP contribution is 2.27. The number of nitrogen functional groups attached to an aromatic ring is 1. The SMILES string of the molecule is COc1cc(C=Nc2c(N)n(C)c(=O)n(C)c2=O)ccc1OCCN(C)C. The monoisotopic (exact) mass is 375 g/mol. The third kappa shape index (κ3) is 4.56. The Kier molecular flexibility index (Phi) is 6.40. The highest BCUT2D eigenvalue weighted by molar-refractivity contribution is 5.84. The highest BCUT2D eigenvalue weighted by atomic mass is 16.5. The van der Waals surface area contributed by atoms with Crippen molar-refractivity contribution in [2.75, 3.05) is 40.1 Å². The minimum Gasteiger partial charge on any atom is -0.493 e. The number of likely N-dealkylation sites (N-methyl/N-ethyl adjacent to an activating group) is 1. The smallest absolute Gasteiger partial charge is 0.332 e. The summed E-state index contributed by atoms with van der Waals surface area (Å²) < 4.78 is 13.2. The first-order valence-corrected chi connectivity index (χ1v) is 8.31. The van der Waals surface area contributed by atoms with Gasteiger partial charge in [0.1, 0.15) is 12.4 Å². The molecule has 27 heavy (non-hydrogen) atoms. The number of aromatic nitrogens is 2. The maximum atomic E-state index is 12.2. The van der Waals surface area contributed by atoms with Crippen molar-refractivity contribution in [2.24, 2.45) is 19.1 Å². The second-order valence-electron chi connectivity index (χ2n) is 6.26. The highest BCUT2D eigenvalue weighted by Gasteiger charge is 2.12. The topological polar surface area (TPSA) is 104 Å². The molecule has 0 amide bonds. The molecule has 0 bridgehead atoms. The molecule has 0 aliphatic heterocycles. The number of benzene rings is 1. The van der Waals surface area contributed by atoms with Gasteiger partial charge in [0.15, 0.2) is 17.2 Å². The summed E-state index contributed by atoms with van der Waals surface area (Å²) >= 11 is 0. The van der Waals surface area contributed by atoms with Gasteiger partial charge < -0.3 is 20.1 Å². The number of hydrogen-bond acceptors (Lipinski definition) is 7. The van der Waals surface area contributed by atoms with Crippen LogP contribution in [0.3, 0.4) is 0 Å². The molecule has 9 heteroatoms. The van der Waals surface area contributed by atoms with Crippen molar-refractivity contribution in [2.45, 2.75) is 0 Å². The van der Waals surface area contributed by atoms with Gasteiger partial charge in [0.05, 0.1) is 7.11 Å². The predicted molar refractivity (Wildman–Crippen MR) is 106 cm³/mol. The lowest BCUT2D eigenvalue weighted by atomic mass is 10.2. The van der Waals surface area contributed by atoms with Crippen molar-refractivity contribution in [3.8, 4) is 11.5 Å². The lowest BCUT2D eigenvalue weighted by Crippen LogP contribution is -2.37. The molecule has 2 N–H and O–H groups in total. The van der Waals surface area contributed by atoms with E-state index in [1.54, 1.807) is 25.3 Å². The third-order valence-corrected chi connectivity index (χ3v) is 4.01. The van der Waals surface area contributed by atoms with Crippen LogP contribution in [0.4, 0.5) is 11.5 Å². The Morgan fingerprint density at radius 1 is 1.19 bits per heavy atom. The summed E-state index contributed by atoms with van der Waals surface area (Å²) in [5, 5.41) is 0. The number of nitrogens with zero attached hydrogens (tertiary/aromatic N) is 4. The fourth-order valence-corrected chi connectivity index (χ4v) is 2.32. The molecule has 0 aliphatic rings. The summed E-state index contributed by atoms with van der Waals surface area (Å²) in [5.41, 5.74) is 5.51. The van der Waals surface area contributed by atoms with E-state index in [9.17, 15) is 9.59 Å². The van der Waals surface area contributed by atoms with Crippen LogP contribution >= 0.6 is 0 Å². The summed E-state index contributed by atoms with van der Waals surface area (Å²) in [6, 6.07) is 5.31. The van der Waals surface area contributed by atoms with E-state index in [2.05, 4.69) is 4.99 Å². The zero-order valence-electron chi connectivity index (χ0n) is 16.2. The molecule has 0 saturated heterocycles. The van der Waals surface area contributed by atoms with E-state index in [1.807, 2.05) is 19.0 Å². The van der Waals surface area contributed by atoms with Gasteiger partial charge in [0, 0.05) is 26.9 Å². The Morgan fingerprint density at radius 3 is 2.52 bits per heavy atom. The molecule has 0 unspecified atom stereocenters. The Bertz CT molecular complexity index is 959. The standard InChI is InChI=1S/C18H25N5O4/c1-21(2)8-9-27-13-7-6-12(10-14(13)26-5)11-20-15-16(19)22(3)18(25)23(4)17(15)24/h6-7,10-11H,8-9,19H2,1-5H3. The van der Waals surface area contributed by atoms with Gasteiger partial charge in [-0.15, -0.1) is 0 Å². The number of nitrogens with two attached hydrogens (primary N) is 1. The van der Waals surface area contributed by atoms with Crippen LogP contribution in [0.15, 0.2) is 32.8 Å². The Labute approximate surface area is 157 Å². The summed E-state index contributed by atoms with van der Waals surface area (Å²) in [6.45, 7) is 1.31. The quantitative estimate of drug-likeness (QED) is 0.701. The van der Waals surface area contributed by atoms with Crippen LogP contribution in [-0.4, -0.2) is 54.6 Å². The molecule has 0 spiro atoms. The van der Waals surface area contributed by atoms with Crippen molar-refractivity contribution in [3.63, 3.8) is 0 Å². The molecule has 1 heterocycles. The third-order valence-electron chi connectivity index (χ3n) is 4.01. The second-order valence-corrected chi connectivity index (χ2v) is 6.26. The molecule has 0 atom stereocenters. The van der Waals surface area contributed by atoms with Crippen molar-refractivity contribution < 1.29 is 9.47 Å². The van der Waals surface area contributed by atoms with Crippen molar-refractivity contribution in [1.29, 1.82) is 0 Å². The Morgan fingerprint density at radius 2 is 1.89 bits per heavy atom. The average Bonchev–Trinajstić information content (AvgIpc) is 2.65. The van der Waals surface area contributed by atoms with Gasteiger partial charge in [-0.05, 0) is 37.9 Å². The summed E-state index contributed by atoms with van der Waals surface area (Å²) in [7, 11) is 8.35. The van der Waals surface area contributed by atoms with Crippen LogP contribution in [-0.2, 0) is 14.1 Å². The molecular weight excluding hydrogens is 350 g/mol. The van der Waals surface area contributed by atoms with Gasteiger partial charge in [-0.25, -0.2) is 9.79 Å². The van der Waals surface area contributed by atoms with Gasteiger partial charge in [-0.1, -0.05) is 0 Å². The summed E-state index contributed by atoms with van der Waals surface area (Å²) in [5.74, 6) is 1.18. The molecule has 0 fully saturated rings. The van der Waals surface area contributed by atoms with E-state index in [0.717, 1.165) is 11.1 Å². The van der Waals surface area contributed by atoms with Gasteiger partial charge in [-0.2, -0.15) is 0 Å². The van der Waals surface area contributed by atoms with Gasteiger partial charge in [0.2, 0.25) is 0 Å². The maximum absolute atomic E-state index is 12.2. The zero-order valence-corrected chi connectivity index (χ0v) is 16.2. The number of aliphatic imine (C=N–C) groups is 1. The number of rotatable bonds is 7. The maximum Gasteiger partial charge on any atom is 0.332 e. The Hall–Kier alpha value is -3.07. The molecule has 0 aliphatic carbocycles. The van der Waals surface area contributed by atoms with Crippen LogP contribution in [0.25, 0.3) is 0 Å². The molecule has 0 radical (unpaired) electrons. The normalized spacial score (nSPS) is 11.3. The van der Waals surface area contributed by atoms with E-state index < -0.39 is 11.2 Å². The molecule has 1 aromatic heterocycles. The molecule has 1 aromatic carbocycles. The molecule has 9 nitrogen and oxygen atoms in total. The van der Waals surface area contributed by atoms with E-state index in [0.29, 0.717) is 23.7 Å². The number of ether oxygens (including phenoxy) is 2. The fraction of sp³-hybridized carbons (Fsp3) is 0.389. The molecule has 2 aromatic rings. The number of anilines is 1. The summed E-state index contributed by atoms with van der Waals surface area (Å²) in [6.07, 6.45) is 1.49. The van der Waals surface area contributed by atoms with E-state index >= 15 is 0 Å². The van der Waals surface area contributed by atoms with Gasteiger partial charge >= 0.3 is 5.69 Å². The van der Waals surface area contributed by atoms with Gasteiger partial charge in [0.25, 0.3) is 5.56 Å². The number of methoxy groups -OCH3 is 1. The summed E-state index contributed by atoms with van der Waals surface area (Å²) in [4.78, 5) is 30.3. The molecule has 2 rings (SSSR count). The van der Waals surface area contributed by atoms with Crippen LogP contribution in [0.2, 0.25) is 0 Å². The van der Waals surface area contributed by atoms with Crippen LogP contribution in [0.5, 0.6) is 11.5 Å². The lowest BCUT2D eigenvalue weighted by molar-refractivity contribution is 0.250. The minimum absolute atomic E-state index is 0.00452. The molecule has 0 saturated carbocycles. The first-order chi connectivity index (χ1) is 12.8. The van der Waals surface area contributed by atoms with E-state index in [4.69, 9.17) is 15.2 Å². The van der Waals surface area contributed by atoms with E-state index in [1.165, 1.54) is 24.9 Å². The zero-order chi connectivity index (χ0) is 20.1. The van der Waals surface area contributed by atoms with E-state index in [-0.39, 0.29) is 11.5 Å². The predicted octanol–water partition coefficient (Wildman–Crippen LogP) is 0.366. The van der Waals surface area contributed by atoms with Crippen molar-refractivity contribution in [3.05, 3.63) is 44.6 Å². The molecule has 146 valence electrons. The van der Waals surface area contributed by atoms with Gasteiger partial charge in [-0.3, -0.25) is 13.9 Å². The minimum atomic E-state index is -0.553. The van der Waals surface area contributed by atoms with Crippen LogP contribution < -0.4 is 26.5 Å². The van der Waals surface area contributed by atoms with Crippen molar-refractivity contribution in [1.82, 2.24) is 14.0 Å². The average molecular weight is 375 g/mol. The number of hydrogen-bond donors (Lipinski definition) is 1. The molecular formula is C18H25N5O4. The lowest BCUT2D eigenvalue weighted by Gasteiger charge is -2.13. The van der Waals surface area contributed by atoms with Crippen LogP contribution in [0, 0.1) is 0 Å². The largest absolute Gasteiger partial charge is 0.493 e. The first kappa shape index (κ1) is 20.2. The van der Waals surface area contributed by atoms with Crippen molar-refractivity contribution >= 4 is 17.7 Å². The Balaban J connectivity index is 2.31.